The molecule has 0 atom stereocenters. The van der Waals surface area contributed by atoms with Crippen LogP contribution in [0.5, 0.6) is 17.2 Å². The van der Waals surface area contributed by atoms with Gasteiger partial charge in [0.2, 0.25) is 0 Å². The second kappa shape index (κ2) is 11.4. The van der Waals surface area contributed by atoms with E-state index in [1.54, 1.807) is 43.2 Å². The summed E-state index contributed by atoms with van der Waals surface area (Å²) in [5, 5.41) is 0.611. The van der Waals surface area contributed by atoms with Gasteiger partial charge in [-0.1, -0.05) is 6.07 Å². The van der Waals surface area contributed by atoms with E-state index in [0.717, 1.165) is 17.0 Å². The monoisotopic (exact) mass is 470 g/mol. The summed E-state index contributed by atoms with van der Waals surface area (Å²) in [5.41, 5.74) is 1.49. The van der Waals surface area contributed by atoms with E-state index in [1.165, 1.54) is 18.9 Å². The first-order chi connectivity index (χ1) is 16.0. The largest absolute Gasteiger partial charge is 0.497 e. The summed E-state index contributed by atoms with van der Waals surface area (Å²) in [6.07, 6.45) is 1.78. The van der Waals surface area contributed by atoms with Crippen LogP contribution in [0.2, 0.25) is 0 Å². The number of hydrogen-bond donors (Lipinski definition) is 0. The van der Waals surface area contributed by atoms with Crippen molar-refractivity contribution in [2.75, 3.05) is 34.0 Å². The molecule has 0 radical (unpaired) electrons. The Kier molecular flexibility index (Phi) is 8.37. The zero-order valence-corrected chi connectivity index (χ0v) is 19.8. The molecule has 2 aromatic carbocycles. The van der Waals surface area contributed by atoms with Crippen LogP contribution in [0.1, 0.15) is 19.4 Å². The Balaban J connectivity index is 1.81. The van der Waals surface area contributed by atoms with Gasteiger partial charge in [-0.2, -0.15) is 0 Å². The fourth-order valence-electron chi connectivity index (χ4n) is 3.02. The number of esters is 1. The second-order valence-electron chi connectivity index (χ2n) is 6.76. The van der Waals surface area contributed by atoms with Crippen molar-refractivity contribution in [1.82, 2.24) is 4.90 Å². The number of likely N-dealkylation sites (N-methyl/N-ethyl adjacent to an activating group) is 1. The number of carbonyl (C=O) groups excluding carboxylic acids is 2. The molecular formula is C24H26N2O6S. The molecule has 0 unspecified atom stereocenters. The van der Waals surface area contributed by atoms with E-state index >= 15 is 0 Å². The third-order valence-electron chi connectivity index (χ3n) is 4.64. The average Bonchev–Trinajstić information content (AvgIpc) is 3.12. The van der Waals surface area contributed by atoms with Gasteiger partial charge in [-0.05, 0) is 73.6 Å². The van der Waals surface area contributed by atoms with Gasteiger partial charge in [0.15, 0.2) is 23.3 Å². The van der Waals surface area contributed by atoms with E-state index in [-0.39, 0.29) is 19.1 Å². The molecule has 1 aliphatic rings. The number of thioether (sulfide) groups is 1. The highest BCUT2D eigenvalue weighted by molar-refractivity contribution is 8.18. The van der Waals surface area contributed by atoms with Crippen molar-refractivity contribution in [2.24, 2.45) is 4.99 Å². The number of amidine groups is 1. The van der Waals surface area contributed by atoms with Gasteiger partial charge in [-0.15, -0.1) is 0 Å². The standard InChI is InChI=1S/C24H26N2O6S/c1-5-26-23(28)21(33-24(26)25-17-8-10-18(29-3)11-9-17)14-16-7-12-19(20(13-16)30-4)32-15-22(27)31-6-2/h7-14H,5-6,15H2,1-4H3. The Morgan fingerprint density at radius 1 is 1.06 bits per heavy atom. The molecule has 0 aromatic heterocycles. The van der Waals surface area contributed by atoms with Crippen LogP contribution in [0.4, 0.5) is 5.69 Å². The van der Waals surface area contributed by atoms with E-state index in [4.69, 9.17) is 18.9 Å². The highest BCUT2D eigenvalue weighted by atomic mass is 32.2. The lowest BCUT2D eigenvalue weighted by Gasteiger charge is -2.12. The summed E-state index contributed by atoms with van der Waals surface area (Å²) in [6.45, 7) is 4.22. The zero-order chi connectivity index (χ0) is 23.8. The Bertz CT molecular complexity index is 1070. The summed E-state index contributed by atoms with van der Waals surface area (Å²) >= 11 is 1.31. The van der Waals surface area contributed by atoms with Gasteiger partial charge in [0, 0.05) is 6.54 Å². The first kappa shape index (κ1) is 24.2. The molecule has 1 heterocycles. The lowest BCUT2D eigenvalue weighted by molar-refractivity contribution is -0.145. The zero-order valence-electron chi connectivity index (χ0n) is 19.0. The normalized spacial score (nSPS) is 15.8. The predicted octanol–water partition coefficient (Wildman–Crippen LogP) is 4.27. The number of benzene rings is 2. The summed E-state index contributed by atoms with van der Waals surface area (Å²) in [6, 6.07) is 12.6. The third kappa shape index (κ3) is 6.07. The van der Waals surface area contributed by atoms with Crippen LogP contribution < -0.4 is 14.2 Å². The fourth-order valence-corrected chi connectivity index (χ4v) is 4.08. The second-order valence-corrected chi connectivity index (χ2v) is 7.77. The molecule has 1 fully saturated rings. The predicted molar refractivity (Wildman–Crippen MR) is 128 cm³/mol. The van der Waals surface area contributed by atoms with Gasteiger partial charge in [0.1, 0.15) is 5.75 Å². The topological polar surface area (TPSA) is 86.7 Å². The summed E-state index contributed by atoms with van der Waals surface area (Å²) in [4.78, 5) is 31.3. The number of rotatable bonds is 9. The maximum atomic E-state index is 12.9. The van der Waals surface area contributed by atoms with Gasteiger partial charge in [0.05, 0.1) is 31.4 Å². The molecule has 3 rings (SSSR count). The number of methoxy groups -OCH3 is 2. The molecule has 0 N–H and O–H groups in total. The summed E-state index contributed by atoms with van der Waals surface area (Å²) in [7, 11) is 3.12. The molecule has 0 saturated carbocycles. The minimum atomic E-state index is -0.456. The Labute approximate surface area is 197 Å². The maximum absolute atomic E-state index is 12.9. The molecule has 9 heteroatoms. The number of carbonyl (C=O) groups is 2. The summed E-state index contributed by atoms with van der Waals surface area (Å²) < 4.78 is 20.9. The van der Waals surface area contributed by atoms with Crippen LogP contribution in [-0.4, -0.2) is 55.9 Å². The molecule has 8 nitrogen and oxygen atoms in total. The van der Waals surface area contributed by atoms with E-state index in [2.05, 4.69) is 4.99 Å². The van der Waals surface area contributed by atoms with Gasteiger partial charge < -0.3 is 18.9 Å². The number of ether oxygens (including phenoxy) is 4. The van der Waals surface area contributed by atoms with E-state index in [0.29, 0.717) is 28.1 Å². The number of nitrogens with zero attached hydrogens (tertiary/aromatic N) is 2. The molecule has 33 heavy (non-hydrogen) atoms. The Morgan fingerprint density at radius 2 is 1.82 bits per heavy atom. The van der Waals surface area contributed by atoms with Crippen molar-refractivity contribution in [3.63, 3.8) is 0 Å². The molecule has 174 valence electrons. The highest BCUT2D eigenvalue weighted by Crippen LogP contribution is 2.36. The molecule has 0 bridgehead atoms. The first-order valence-electron chi connectivity index (χ1n) is 10.4. The lowest BCUT2D eigenvalue weighted by atomic mass is 10.2. The molecule has 1 amide bonds. The molecule has 0 aliphatic carbocycles. The number of aliphatic imine (C=N–C) groups is 1. The van der Waals surface area contributed by atoms with Crippen LogP contribution in [0.15, 0.2) is 52.4 Å². The molecule has 1 aliphatic heterocycles. The molecular weight excluding hydrogens is 444 g/mol. The van der Waals surface area contributed by atoms with Crippen molar-refractivity contribution in [2.45, 2.75) is 13.8 Å². The van der Waals surface area contributed by atoms with Gasteiger partial charge in [-0.3, -0.25) is 9.69 Å². The molecule has 1 saturated heterocycles. The minimum absolute atomic E-state index is 0.114. The van der Waals surface area contributed by atoms with Crippen molar-refractivity contribution >= 4 is 40.6 Å². The Hall–Kier alpha value is -3.46. The minimum Gasteiger partial charge on any atom is -0.497 e. The molecule has 0 spiro atoms. The van der Waals surface area contributed by atoms with Crippen LogP contribution >= 0.6 is 11.8 Å². The van der Waals surface area contributed by atoms with Gasteiger partial charge in [-0.25, -0.2) is 9.79 Å². The quantitative estimate of drug-likeness (QED) is 0.400. The van der Waals surface area contributed by atoms with Gasteiger partial charge >= 0.3 is 5.97 Å². The van der Waals surface area contributed by atoms with E-state index in [1.807, 2.05) is 31.2 Å². The van der Waals surface area contributed by atoms with Crippen LogP contribution in [0.3, 0.4) is 0 Å². The van der Waals surface area contributed by atoms with Crippen molar-refractivity contribution < 1.29 is 28.5 Å². The summed E-state index contributed by atoms with van der Waals surface area (Å²) in [5.74, 6) is 1.03. The lowest BCUT2D eigenvalue weighted by Crippen LogP contribution is -2.28. The van der Waals surface area contributed by atoms with Crippen molar-refractivity contribution in [1.29, 1.82) is 0 Å². The van der Waals surface area contributed by atoms with E-state index < -0.39 is 5.97 Å². The first-order valence-corrected chi connectivity index (χ1v) is 11.2. The maximum Gasteiger partial charge on any atom is 0.344 e. The highest BCUT2D eigenvalue weighted by Gasteiger charge is 2.32. The fraction of sp³-hybridized carbons (Fsp3) is 0.292. The Morgan fingerprint density at radius 3 is 2.45 bits per heavy atom. The smallest absolute Gasteiger partial charge is 0.344 e. The number of hydrogen-bond acceptors (Lipinski definition) is 8. The third-order valence-corrected chi connectivity index (χ3v) is 5.64. The van der Waals surface area contributed by atoms with Crippen molar-refractivity contribution in [3.8, 4) is 17.2 Å². The van der Waals surface area contributed by atoms with Crippen LogP contribution in [0, 0.1) is 0 Å². The molecule has 2 aromatic rings. The van der Waals surface area contributed by atoms with Crippen LogP contribution in [-0.2, 0) is 14.3 Å². The van der Waals surface area contributed by atoms with Gasteiger partial charge in [0.25, 0.3) is 5.91 Å². The number of amides is 1. The average molecular weight is 471 g/mol. The van der Waals surface area contributed by atoms with E-state index in [9.17, 15) is 9.59 Å². The SMILES string of the molecule is CCOC(=O)COc1ccc(C=C2SC(=Nc3ccc(OC)cc3)N(CC)C2=O)cc1OC. The van der Waals surface area contributed by atoms with Crippen molar-refractivity contribution in [3.05, 3.63) is 52.9 Å². The van der Waals surface area contributed by atoms with Crippen LogP contribution in [0.25, 0.3) is 6.08 Å².